The van der Waals surface area contributed by atoms with Gasteiger partial charge in [-0.3, -0.25) is 9.59 Å². The fraction of sp³-hybridized carbons (Fsp3) is 0.467. The molecule has 106 valence electrons. The molecule has 1 amide bonds. The number of hydrogen-bond donors (Lipinski definition) is 1. The molecule has 0 aromatic heterocycles. The van der Waals surface area contributed by atoms with Gasteiger partial charge in [0.25, 0.3) is 11.7 Å². The number of rotatable bonds is 4. The third-order valence-electron chi connectivity index (χ3n) is 3.64. The number of anilines is 2. The Hall–Kier alpha value is -1.36. The van der Waals surface area contributed by atoms with Gasteiger partial charge in [-0.05, 0) is 46.8 Å². The third-order valence-corrected chi connectivity index (χ3v) is 4.28. The van der Waals surface area contributed by atoms with Crippen molar-refractivity contribution < 1.29 is 9.59 Å². The van der Waals surface area contributed by atoms with Gasteiger partial charge in [0.15, 0.2) is 0 Å². The molecule has 2 aliphatic rings. The number of nitrogens with one attached hydrogen (secondary N) is 1. The van der Waals surface area contributed by atoms with E-state index in [9.17, 15) is 9.59 Å². The molecule has 0 radical (unpaired) electrons. The van der Waals surface area contributed by atoms with Gasteiger partial charge in [0.05, 0.1) is 16.9 Å². The summed E-state index contributed by atoms with van der Waals surface area (Å²) in [5.41, 5.74) is 2.16. The van der Waals surface area contributed by atoms with Crippen LogP contribution < -0.4 is 10.2 Å². The molecule has 1 saturated carbocycles. The highest BCUT2D eigenvalue weighted by Gasteiger charge is 2.34. The van der Waals surface area contributed by atoms with E-state index in [0.29, 0.717) is 23.2 Å². The van der Waals surface area contributed by atoms with E-state index < -0.39 is 11.7 Å². The van der Waals surface area contributed by atoms with Gasteiger partial charge in [-0.1, -0.05) is 13.8 Å². The highest BCUT2D eigenvalue weighted by Crippen LogP contribution is 2.40. The topological polar surface area (TPSA) is 49.4 Å². The summed E-state index contributed by atoms with van der Waals surface area (Å²) in [6.45, 7) is 5.37. The monoisotopic (exact) mass is 336 g/mol. The minimum Gasteiger partial charge on any atom is -0.367 e. The second-order valence-electron chi connectivity index (χ2n) is 5.91. The number of carbonyl (C=O) groups is 2. The Bertz CT molecular complexity index is 594. The molecule has 4 nitrogen and oxygen atoms in total. The van der Waals surface area contributed by atoms with Gasteiger partial charge in [-0.15, -0.1) is 0 Å². The highest BCUT2D eigenvalue weighted by molar-refractivity contribution is 9.10. The van der Waals surface area contributed by atoms with Crippen molar-refractivity contribution in [2.45, 2.75) is 32.7 Å². The Kier molecular flexibility index (Phi) is 3.32. The first-order valence-corrected chi connectivity index (χ1v) is 7.72. The first-order chi connectivity index (χ1) is 9.47. The molecule has 0 unspecified atom stereocenters. The summed E-state index contributed by atoms with van der Waals surface area (Å²) in [5, 5.41) is 2.65. The summed E-state index contributed by atoms with van der Waals surface area (Å²) in [7, 11) is 0. The summed E-state index contributed by atoms with van der Waals surface area (Å²) in [6.07, 6.45) is 2.42. The molecule has 0 saturated heterocycles. The van der Waals surface area contributed by atoms with E-state index in [0.717, 1.165) is 16.7 Å². The lowest BCUT2D eigenvalue weighted by Crippen LogP contribution is -2.30. The molecule has 3 rings (SSSR count). The number of ketones is 1. The zero-order chi connectivity index (χ0) is 14.4. The number of amides is 1. The lowest BCUT2D eigenvalue weighted by atomic mass is 10.1. The summed E-state index contributed by atoms with van der Waals surface area (Å²) in [6, 6.07) is 4.27. The lowest BCUT2D eigenvalue weighted by molar-refractivity contribution is -0.112. The van der Waals surface area contributed by atoms with Gasteiger partial charge in [0.2, 0.25) is 0 Å². The van der Waals surface area contributed by atoms with E-state index in [4.69, 9.17) is 0 Å². The van der Waals surface area contributed by atoms with Crippen LogP contribution in [0.25, 0.3) is 0 Å². The zero-order valence-electron chi connectivity index (χ0n) is 11.6. The molecule has 0 bridgehead atoms. The maximum atomic E-state index is 11.7. The number of fused-ring (bicyclic) bond motifs is 1. The number of hydrogen-bond acceptors (Lipinski definition) is 3. The van der Waals surface area contributed by atoms with Gasteiger partial charge in [-0.25, -0.2) is 0 Å². The van der Waals surface area contributed by atoms with Crippen molar-refractivity contribution in [2.75, 3.05) is 16.8 Å². The first-order valence-electron chi connectivity index (χ1n) is 6.93. The molecule has 1 aliphatic carbocycles. The number of carbonyl (C=O) groups excluding carboxylic acids is 2. The number of Topliss-reactive ketones (excluding diaryl/α,β-unsaturated/α-hetero) is 1. The first kappa shape index (κ1) is 13.6. The SMILES string of the molecule is CC(C)CN(c1cc2c(cc1Br)C(=O)C(=O)N2)C1CC1. The summed E-state index contributed by atoms with van der Waals surface area (Å²) < 4.78 is 0.883. The Morgan fingerprint density at radius 1 is 1.35 bits per heavy atom. The lowest BCUT2D eigenvalue weighted by Gasteiger charge is -2.28. The van der Waals surface area contributed by atoms with E-state index in [1.807, 2.05) is 6.07 Å². The summed E-state index contributed by atoms with van der Waals surface area (Å²) >= 11 is 3.55. The molecule has 1 N–H and O–H groups in total. The summed E-state index contributed by atoms with van der Waals surface area (Å²) in [4.78, 5) is 25.5. The standard InChI is InChI=1S/C15H17BrN2O2/c1-8(2)7-18(9-3-4-9)13-6-12-10(5-11(13)16)14(19)15(20)17-12/h5-6,8-9H,3-4,7H2,1-2H3,(H,17,19,20). The van der Waals surface area contributed by atoms with Crippen LogP contribution >= 0.6 is 15.9 Å². The number of benzene rings is 1. The molecule has 1 aromatic rings. The minimum absolute atomic E-state index is 0.450. The Labute approximate surface area is 126 Å². The van der Waals surface area contributed by atoms with Gasteiger partial charge >= 0.3 is 0 Å². The normalized spacial score (nSPS) is 17.4. The van der Waals surface area contributed by atoms with E-state index >= 15 is 0 Å². The van der Waals surface area contributed by atoms with Crippen molar-refractivity contribution in [1.29, 1.82) is 0 Å². The van der Waals surface area contributed by atoms with Crippen molar-refractivity contribution in [1.82, 2.24) is 0 Å². The Balaban J connectivity index is 1.99. The van der Waals surface area contributed by atoms with Crippen LogP contribution in [-0.4, -0.2) is 24.3 Å². The second kappa shape index (κ2) is 4.88. The van der Waals surface area contributed by atoms with Gasteiger partial charge in [0, 0.05) is 17.1 Å². The highest BCUT2D eigenvalue weighted by atomic mass is 79.9. The zero-order valence-corrected chi connectivity index (χ0v) is 13.2. The average molecular weight is 337 g/mol. The van der Waals surface area contributed by atoms with Crippen molar-refractivity contribution in [3.8, 4) is 0 Å². The molecule has 0 atom stereocenters. The molecular formula is C15H17BrN2O2. The van der Waals surface area contributed by atoms with E-state index in [1.165, 1.54) is 12.8 Å². The van der Waals surface area contributed by atoms with E-state index in [1.54, 1.807) is 6.07 Å². The van der Waals surface area contributed by atoms with Gasteiger partial charge in [0.1, 0.15) is 0 Å². The number of nitrogens with zero attached hydrogens (tertiary/aromatic N) is 1. The molecule has 1 aliphatic heterocycles. The number of halogens is 1. The predicted molar refractivity (Wildman–Crippen MR) is 82.3 cm³/mol. The molecule has 5 heteroatoms. The minimum atomic E-state index is -0.536. The van der Waals surface area contributed by atoms with Crippen LogP contribution in [0.5, 0.6) is 0 Å². The quantitative estimate of drug-likeness (QED) is 0.859. The average Bonchev–Trinajstić information content (AvgIpc) is 3.17. The molecular weight excluding hydrogens is 320 g/mol. The van der Waals surface area contributed by atoms with Crippen LogP contribution in [0.3, 0.4) is 0 Å². The van der Waals surface area contributed by atoms with Crippen LogP contribution in [-0.2, 0) is 4.79 Å². The van der Waals surface area contributed by atoms with E-state index in [-0.39, 0.29) is 0 Å². The molecule has 1 heterocycles. The van der Waals surface area contributed by atoms with Crippen LogP contribution in [0.2, 0.25) is 0 Å². The Morgan fingerprint density at radius 3 is 2.65 bits per heavy atom. The Morgan fingerprint density at radius 2 is 2.05 bits per heavy atom. The fourth-order valence-corrected chi connectivity index (χ4v) is 3.17. The fourth-order valence-electron chi connectivity index (χ4n) is 2.60. The molecule has 1 aromatic carbocycles. The maximum Gasteiger partial charge on any atom is 0.296 e. The van der Waals surface area contributed by atoms with Crippen LogP contribution in [0.1, 0.15) is 37.0 Å². The largest absolute Gasteiger partial charge is 0.367 e. The molecule has 20 heavy (non-hydrogen) atoms. The van der Waals surface area contributed by atoms with Crippen molar-refractivity contribution in [3.63, 3.8) is 0 Å². The van der Waals surface area contributed by atoms with Gasteiger partial charge in [-0.2, -0.15) is 0 Å². The predicted octanol–water partition coefficient (Wildman–Crippen LogP) is 3.21. The molecule has 1 fully saturated rings. The summed E-state index contributed by atoms with van der Waals surface area (Å²) in [5.74, 6) is -0.424. The van der Waals surface area contributed by atoms with E-state index in [2.05, 4.69) is 40.0 Å². The molecule has 0 spiro atoms. The van der Waals surface area contributed by atoms with Crippen LogP contribution in [0.15, 0.2) is 16.6 Å². The van der Waals surface area contributed by atoms with Crippen molar-refractivity contribution in [3.05, 3.63) is 22.2 Å². The van der Waals surface area contributed by atoms with Crippen molar-refractivity contribution >= 4 is 39.0 Å². The van der Waals surface area contributed by atoms with Crippen LogP contribution in [0, 0.1) is 5.92 Å². The maximum absolute atomic E-state index is 11.7. The van der Waals surface area contributed by atoms with Crippen LogP contribution in [0.4, 0.5) is 11.4 Å². The van der Waals surface area contributed by atoms with Gasteiger partial charge < -0.3 is 10.2 Å². The third kappa shape index (κ3) is 2.35. The smallest absolute Gasteiger partial charge is 0.296 e. The van der Waals surface area contributed by atoms with Crippen molar-refractivity contribution in [2.24, 2.45) is 5.92 Å². The second-order valence-corrected chi connectivity index (χ2v) is 6.76.